The molecular weight excluding hydrogens is 164 g/mol. The third-order valence-electron chi connectivity index (χ3n) is 2.61. The molecule has 1 heterocycles. The van der Waals surface area contributed by atoms with Gasteiger partial charge in [0.05, 0.1) is 6.04 Å². The Morgan fingerprint density at radius 2 is 2.08 bits per heavy atom. The highest BCUT2D eigenvalue weighted by atomic mass is 16.1. The van der Waals surface area contributed by atoms with Gasteiger partial charge < -0.3 is 5.32 Å². The molecule has 3 heteroatoms. The van der Waals surface area contributed by atoms with E-state index in [1.807, 2.05) is 0 Å². The zero-order chi connectivity index (χ0) is 10.1. The molecule has 0 aromatic heterocycles. The number of ketones is 1. The summed E-state index contributed by atoms with van der Waals surface area (Å²) in [4.78, 5) is 13.5. The molecule has 0 saturated carbocycles. The molecule has 1 atom stereocenters. The SMILES string of the molecule is CC(=O)C1CN(C(C)(C)C)CCN1. The van der Waals surface area contributed by atoms with E-state index in [1.165, 1.54) is 0 Å². The van der Waals surface area contributed by atoms with Crippen molar-refractivity contribution in [3.05, 3.63) is 0 Å². The van der Waals surface area contributed by atoms with E-state index in [0.717, 1.165) is 19.6 Å². The predicted molar refractivity (Wildman–Crippen MR) is 53.8 cm³/mol. The average molecular weight is 184 g/mol. The average Bonchev–Trinajstić information content (AvgIpc) is 2.03. The Bertz CT molecular complexity index is 196. The highest BCUT2D eigenvalue weighted by Crippen LogP contribution is 2.15. The number of nitrogens with one attached hydrogen (secondary N) is 1. The molecule has 0 spiro atoms. The Labute approximate surface area is 80.5 Å². The Hall–Kier alpha value is -0.410. The molecule has 1 unspecified atom stereocenters. The lowest BCUT2D eigenvalue weighted by Crippen LogP contribution is -2.58. The standard InChI is InChI=1S/C10H20N2O/c1-8(13)9-7-12(6-5-11-9)10(2,3)4/h9,11H,5-7H2,1-4H3. The van der Waals surface area contributed by atoms with Crippen LogP contribution in [0.15, 0.2) is 0 Å². The van der Waals surface area contributed by atoms with Crippen LogP contribution in [0.1, 0.15) is 27.7 Å². The summed E-state index contributed by atoms with van der Waals surface area (Å²) in [5, 5.41) is 3.23. The molecule has 0 aromatic carbocycles. The van der Waals surface area contributed by atoms with Crippen molar-refractivity contribution in [2.45, 2.75) is 39.3 Å². The quantitative estimate of drug-likeness (QED) is 0.649. The van der Waals surface area contributed by atoms with E-state index in [2.05, 4.69) is 31.0 Å². The van der Waals surface area contributed by atoms with Gasteiger partial charge in [0, 0.05) is 25.2 Å². The number of hydrogen-bond donors (Lipinski definition) is 1. The number of carbonyl (C=O) groups is 1. The Morgan fingerprint density at radius 1 is 1.46 bits per heavy atom. The maximum Gasteiger partial charge on any atom is 0.147 e. The van der Waals surface area contributed by atoms with Crippen LogP contribution in [0.4, 0.5) is 0 Å². The smallest absolute Gasteiger partial charge is 0.147 e. The van der Waals surface area contributed by atoms with E-state index >= 15 is 0 Å². The summed E-state index contributed by atoms with van der Waals surface area (Å²) < 4.78 is 0. The molecule has 13 heavy (non-hydrogen) atoms. The summed E-state index contributed by atoms with van der Waals surface area (Å²) in [6, 6.07) is 0.0352. The van der Waals surface area contributed by atoms with Crippen molar-refractivity contribution in [1.29, 1.82) is 0 Å². The van der Waals surface area contributed by atoms with Crippen molar-refractivity contribution in [3.8, 4) is 0 Å². The van der Waals surface area contributed by atoms with Gasteiger partial charge in [-0.3, -0.25) is 9.69 Å². The second-order valence-corrected chi connectivity index (χ2v) is 4.73. The Morgan fingerprint density at radius 3 is 2.54 bits per heavy atom. The van der Waals surface area contributed by atoms with E-state index in [0.29, 0.717) is 0 Å². The first kappa shape index (κ1) is 10.7. The van der Waals surface area contributed by atoms with Crippen LogP contribution in [0.5, 0.6) is 0 Å². The molecule has 0 aromatic rings. The molecular formula is C10H20N2O. The number of carbonyl (C=O) groups excluding carboxylic acids is 1. The lowest BCUT2D eigenvalue weighted by Gasteiger charge is -2.41. The molecule has 76 valence electrons. The van der Waals surface area contributed by atoms with Gasteiger partial charge >= 0.3 is 0 Å². The van der Waals surface area contributed by atoms with Crippen LogP contribution >= 0.6 is 0 Å². The molecule has 1 N–H and O–H groups in total. The van der Waals surface area contributed by atoms with Gasteiger partial charge in [0.2, 0.25) is 0 Å². The van der Waals surface area contributed by atoms with Crippen molar-refractivity contribution in [1.82, 2.24) is 10.2 Å². The summed E-state index contributed by atoms with van der Waals surface area (Å²) in [5.74, 6) is 0.244. The van der Waals surface area contributed by atoms with E-state index < -0.39 is 0 Å². The van der Waals surface area contributed by atoms with E-state index in [4.69, 9.17) is 0 Å². The van der Waals surface area contributed by atoms with Gasteiger partial charge in [-0.05, 0) is 27.7 Å². The summed E-state index contributed by atoms with van der Waals surface area (Å²) in [7, 11) is 0. The second kappa shape index (κ2) is 3.76. The van der Waals surface area contributed by atoms with Crippen LogP contribution in [0, 0.1) is 0 Å². The first-order chi connectivity index (χ1) is 5.91. The molecule has 0 bridgehead atoms. The molecule has 1 fully saturated rings. The van der Waals surface area contributed by atoms with Crippen LogP contribution in [0.2, 0.25) is 0 Å². The number of piperazine rings is 1. The third kappa shape index (κ3) is 2.78. The maximum absolute atomic E-state index is 11.2. The fraction of sp³-hybridized carbons (Fsp3) is 0.900. The first-order valence-electron chi connectivity index (χ1n) is 4.90. The lowest BCUT2D eigenvalue weighted by molar-refractivity contribution is -0.120. The molecule has 1 aliphatic heterocycles. The van der Waals surface area contributed by atoms with Gasteiger partial charge in [-0.25, -0.2) is 0 Å². The minimum Gasteiger partial charge on any atom is -0.305 e. The van der Waals surface area contributed by atoms with Crippen LogP contribution in [-0.4, -0.2) is 41.9 Å². The molecule has 0 radical (unpaired) electrons. The molecule has 3 nitrogen and oxygen atoms in total. The Kier molecular flexibility index (Phi) is 3.09. The molecule has 1 saturated heterocycles. The summed E-state index contributed by atoms with van der Waals surface area (Å²) >= 11 is 0. The minimum absolute atomic E-state index is 0.0352. The van der Waals surface area contributed by atoms with Crippen molar-refractivity contribution < 1.29 is 4.79 Å². The van der Waals surface area contributed by atoms with Crippen molar-refractivity contribution >= 4 is 5.78 Å². The zero-order valence-electron chi connectivity index (χ0n) is 9.05. The molecule has 1 rings (SSSR count). The van der Waals surface area contributed by atoms with Gasteiger partial charge in [-0.2, -0.15) is 0 Å². The van der Waals surface area contributed by atoms with Crippen LogP contribution < -0.4 is 5.32 Å². The van der Waals surface area contributed by atoms with E-state index in [-0.39, 0.29) is 17.4 Å². The van der Waals surface area contributed by atoms with Gasteiger partial charge in [-0.1, -0.05) is 0 Å². The van der Waals surface area contributed by atoms with Crippen LogP contribution in [-0.2, 0) is 4.79 Å². The zero-order valence-corrected chi connectivity index (χ0v) is 9.05. The van der Waals surface area contributed by atoms with Crippen LogP contribution in [0.25, 0.3) is 0 Å². The number of nitrogens with zero attached hydrogens (tertiary/aromatic N) is 1. The highest BCUT2D eigenvalue weighted by Gasteiger charge is 2.29. The fourth-order valence-electron chi connectivity index (χ4n) is 1.63. The van der Waals surface area contributed by atoms with Crippen molar-refractivity contribution in [2.24, 2.45) is 0 Å². The maximum atomic E-state index is 11.2. The van der Waals surface area contributed by atoms with Crippen LogP contribution in [0.3, 0.4) is 0 Å². The largest absolute Gasteiger partial charge is 0.305 e. The first-order valence-corrected chi connectivity index (χ1v) is 4.90. The van der Waals surface area contributed by atoms with E-state index in [1.54, 1.807) is 6.92 Å². The van der Waals surface area contributed by atoms with Gasteiger partial charge in [-0.15, -0.1) is 0 Å². The topological polar surface area (TPSA) is 32.3 Å². The predicted octanol–water partition coefficient (Wildman–Crippen LogP) is 0.648. The van der Waals surface area contributed by atoms with Gasteiger partial charge in [0.25, 0.3) is 0 Å². The van der Waals surface area contributed by atoms with Gasteiger partial charge in [0.1, 0.15) is 5.78 Å². The highest BCUT2D eigenvalue weighted by molar-refractivity contribution is 5.81. The van der Waals surface area contributed by atoms with Crippen molar-refractivity contribution in [2.75, 3.05) is 19.6 Å². The normalized spacial score (nSPS) is 26.0. The Balaban J connectivity index is 2.57. The second-order valence-electron chi connectivity index (χ2n) is 4.73. The third-order valence-corrected chi connectivity index (χ3v) is 2.61. The summed E-state index contributed by atoms with van der Waals surface area (Å²) in [6.45, 7) is 11.0. The fourth-order valence-corrected chi connectivity index (χ4v) is 1.63. The number of hydrogen-bond acceptors (Lipinski definition) is 3. The summed E-state index contributed by atoms with van der Waals surface area (Å²) in [5.41, 5.74) is 0.176. The number of rotatable bonds is 1. The monoisotopic (exact) mass is 184 g/mol. The van der Waals surface area contributed by atoms with Crippen molar-refractivity contribution in [3.63, 3.8) is 0 Å². The number of Topliss-reactive ketones (excluding diaryl/α,β-unsaturated/α-hetero) is 1. The summed E-state index contributed by atoms with van der Waals surface area (Å²) in [6.07, 6.45) is 0. The minimum atomic E-state index is 0.0352. The molecule has 0 aliphatic carbocycles. The van der Waals surface area contributed by atoms with Gasteiger partial charge in [0.15, 0.2) is 0 Å². The van der Waals surface area contributed by atoms with E-state index in [9.17, 15) is 4.79 Å². The molecule has 1 aliphatic rings. The molecule has 0 amide bonds. The lowest BCUT2D eigenvalue weighted by atomic mass is 10.0.